The van der Waals surface area contributed by atoms with Crippen molar-refractivity contribution in [2.24, 2.45) is 7.05 Å². The van der Waals surface area contributed by atoms with Gasteiger partial charge in [0, 0.05) is 0 Å². The van der Waals surface area contributed by atoms with Crippen LogP contribution < -0.4 is 8.96 Å². The molecule has 118 valence electrons. The van der Waals surface area contributed by atoms with Crippen molar-refractivity contribution < 1.29 is 4.57 Å². The van der Waals surface area contributed by atoms with Gasteiger partial charge in [-0.2, -0.15) is 0 Å². The Balaban J connectivity index is 2.71. The van der Waals surface area contributed by atoms with Gasteiger partial charge in [0.15, 0.2) is 0 Å². The van der Waals surface area contributed by atoms with E-state index < -0.39 is 13.3 Å². The summed E-state index contributed by atoms with van der Waals surface area (Å²) < 4.78 is 3.98. The van der Waals surface area contributed by atoms with E-state index in [2.05, 4.69) is 86.2 Å². The van der Waals surface area contributed by atoms with Gasteiger partial charge in [-0.3, -0.25) is 0 Å². The fourth-order valence-electron chi connectivity index (χ4n) is 3.05. The van der Waals surface area contributed by atoms with Crippen LogP contribution in [0.15, 0.2) is 36.5 Å². The van der Waals surface area contributed by atoms with Crippen molar-refractivity contribution >= 4 is 17.7 Å². The molecule has 0 aliphatic carbocycles. The normalized spacial score (nSPS) is 13.2. The quantitative estimate of drug-likeness (QED) is 0.559. The summed E-state index contributed by atoms with van der Waals surface area (Å²) in [6, 6.07) is 11.2. The first-order valence-corrected chi connectivity index (χ1v) is 15.7. The van der Waals surface area contributed by atoms with E-state index in [0.717, 1.165) is 0 Å². The zero-order chi connectivity index (χ0) is 16.5. The summed E-state index contributed by atoms with van der Waals surface area (Å²) in [6.45, 7) is 6.87. The van der Waals surface area contributed by atoms with Crippen LogP contribution in [0.25, 0.3) is 11.3 Å². The summed E-state index contributed by atoms with van der Waals surface area (Å²) in [5.41, 5.74) is 5.61. The molecule has 0 fully saturated rings. The SMILES string of the molecule is CCC(C)c1cc(-c2ccccc2C)[n+](C)c[c]1[Ge]([CH3])([CH3])[CH3]. The molecule has 1 unspecified atom stereocenters. The summed E-state index contributed by atoms with van der Waals surface area (Å²) in [7, 11) is 2.19. The van der Waals surface area contributed by atoms with Crippen molar-refractivity contribution in [1.29, 1.82) is 0 Å². The van der Waals surface area contributed by atoms with E-state index in [9.17, 15) is 0 Å². The number of benzene rings is 1. The van der Waals surface area contributed by atoms with Crippen molar-refractivity contribution in [3.8, 4) is 11.3 Å². The van der Waals surface area contributed by atoms with Crippen molar-refractivity contribution in [3.05, 3.63) is 47.7 Å². The molecule has 0 radical (unpaired) electrons. The second kappa shape index (κ2) is 6.58. The van der Waals surface area contributed by atoms with Crippen molar-refractivity contribution in [3.63, 3.8) is 0 Å². The van der Waals surface area contributed by atoms with Gasteiger partial charge in [0.25, 0.3) is 0 Å². The molecule has 2 heteroatoms. The Bertz CT molecular complexity index is 668. The van der Waals surface area contributed by atoms with Gasteiger partial charge < -0.3 is 0 Å². The molecular weight excluding hydrogens is 327 g/mol. The molecule has 0 spiro atoms. The van der Waals surface area contributed by atoms with Gasteiger partial charge in [-0.05, 0) is 0 Å². The van der Waals surface area contributed by atoms with Crippen LogP contribution in [0.4, 0.5) is 0 Å². The Morgan fingerprint density at radius 1 is 1.14 bits per heavy atom. The zero-order valence-electron chi connectivity index (χ0n) is 15.2. The number of hydrogen-bond acceptors (Lipinski definition) is 0. The Morgan fingerprint density at radius 2 is 1.77 bits per heavy atom. The average Bonchev–Trinajstić information content (AvgIpc) is 2.46. The topological polar surface area (TPSA) is 3.88 Å². The van der Waals surface area contributed by atoms with Crippen LogP contribution in [-0.4, -0.2) is 13.3 Å². The third-order valence-corrected chi connectivity index (χ3v) is 8.95. The van der Waals surface area contributed by atoms with E-state index in [0.29, 0.717) is 5.92 Å². The molecular formula is C20H30GeN+. The molecule has 0 bridgehead atoms. The molecule has 2 rings (SSSR count). The molecule has 0 aliphatic rings. The fourth-order valence-corrected chi connectivity index (χ4v) is 6.75. The minimum absolute atomic E-state index is 0.629. The van der Waals surface area contributed by atoms with Gasteiger partial charge in [0.1, 0.15) is 0 Å². The predicted octanol–water partition coefficient (Wildman–Crippen LogP) is 4.55. The molecule has 22 heavy (non-hydrogen) atoms. The Morgan fingerprint density at radius 3 is 2.32 bits per heavy atom. The van der Waals surface area contributed by atoms with Crippen LogP contribution in [0.3, 0.4) is 0 Å². The van der Waals surface area contributed by atoms with Crippen LogP contribution in [0.1, 0.15) is 37.3 Å². The molecule has 0 aliphatic heterocycles. The van der Waals surface area contributed by atoms with Gasteiger partial charge in [-0.1, -0.05) is 0 Å². The summed E-state index contributed by atoms with van der Waals surface area (Å²) in [5, 5.41) is 0. The van der Waals surface area contributed by atoms with E-state index in [1.807, 2.05) is 0 Å². The van der Waals surface area contributed by atoms with Gasteiger partial charge >= 0.3 is 139 Å². The minimum atomic E-state index is -1.88. The summed E-state index contributed by atoms with van der Waals surface area (Å²) in [6.07, 6.45) is 3.62. The van der Waals surface area contributed by atoms with Crippen molar-refractivity contribution in [1.82, 2.24) is 0 Å². The Kier molecular flexibility index (Phi) is 5.16. The molecule has 1 nitrogen and oxygen atoms in total. The standard InChI is InChI=1S/C20H30GeN/c1-8-15(2)18-13-20(17-12-10-9-11-16(17)3)22(7)14-19(18)21(4,5)6/h9-15H,8H2,1-7H3/q+1. The number of hydrogen-bond donors (Lipinski definition) is 0. The van der Waals surface area contributed by atoms with Crippen molar-refractivity contribution in [2.45, 2.75) is 50.4 Å². The third-order valence-electron chi connectivity index (χ3n) is 4.68. The summed E-state index contributed by atoms with van der Waals surface area (Å²) in [5.74, 6) is 8.11. The van der Waals surface area contributed by atoms with Gasteiger partial charge in [0.05, 0.1) is 0 Å². The first-order chi connectivity index (χ1) is 10.3. The van der Waals surface area contributed by atoms with E-state index in [-0.39, 0.29) is 0 Å². The first kappa shape index (κ1) is 17.3. The molecule has 0 amide bonds. The number of aryl methyl sites for hydroxylation is 2. The number of pyridine rings is 1. The van der Waals surface area contributed by atoms with Crippen molar-refractivity contribution in [2.75, 3.05) is 0 Å². The van der Waals surface area contributed by atoms with E-state index in [1.54, 1.807) is 9.96 Å². The Hall–Kier alpha value is -1.09. The summed E-state index contributed by atoms with van der Waals surface area (Å²) in [4.78, 5) is 0. The van der Waals surface area contributed by atoms with Crippen LogP contribution in [-0.2, 0) is 7.05 Å². The van der Waals surface area contributed by atoms with E-state index >= 15 is 0 Å². The number of nitrogens with zero attached hydrogens (tertiary/aromatic N) is 1. The molecule has 1 aromatic carbocycles. The third kappa shape index (κ3) is 3.45. The van der Waals surface area contributed by atoms with Gasteiger partial charge in [-0.25, -0.2) is 0 Å². The maximum atomic E-state index is 2.49. The predicted molar refractivity (Wildman–Crippen MR) is 99.5 cm³/mol. The fraction of sp³-hybridized carbons (Fsp3) is 0.450. The van der Waals surface area contributed by atoms with E-state index in [4.69, 9.17) is 0 Å². The van der Waals surface area contributed by atoms with Gasteiger partial charge in [-0.15, -0.1) is 0 Å². The maximum absolute atomic E-state index is 2.49. The second-order valence-corrected chi connectivity index (χ2v) is 18.1. The average molecular weight is 357 g/mol. The van der Waals surface area contributed by atoms with Crippen LogP contribution in [0.2, 0.25) is 17.3 Å². The van der Waals surface area contributed by atoms with Gasteiger partial charge in [0.2, 0.25) is 0 Å². The van der Waals surface area contributed by atoms with Crippen LogP contribution in [0, 0.1) is 6.92 Å². The molecule has 0 saturated carbocycles. The zero-order valence-corrected chi connectivity index (χ0v) is 17.3. The second-order valence-electron chi connectivity index (χ2n) is 7.51. The molecule has 1 atom stereocenters. The monoisotopic (exact) mass is 358 g/mol. The number of rotatable bonds is 4. The molecule has 1 aromatic heterocycles. The van der Waals surface area contributed by atoms with Crippen LogP contribution >= 0.6 is 0 Å². The molecule has 0 saturated heterocycles. The van der Waals surface area contributed by atoms with Crippen LogP contribution in [0.5, 0.6) is 0 Å². The molecule has 0 N–H and O–H groups in total. The van der Waals surface area contributed by atoms with E-state index in [1.165, 1.54) is 23.2 Å². The Labute approximate surface area is 138 Å². The summed E-state index contributed by atoms with van der Waals surface area (Å²) >= 11 is -1.88. The molecule has 2 aromatic rings. The number of aromatic nitrogens is 1. The first-order valence-electron chi connectivity index (χ1n) is 8.35. The molecule has 1 heterocycles.